The van der Waals surface area contributed by atoms with Crippen molar-refractivity contribution in [3.05, 3.63) is 53.1 Å². The molecule has 0 unspecified atom stereocenters. The van der Waals surface area contributed by atoms with E-state index in [1.165, 1.54) is 0 Å². The van der Waals surface area contributed by atoms with Gasteiger partial charge in [-0.3, -0.25) is 4.79 Å². The molecule has 2 aromatic rings. The summed E-state index contributed by atoms with van der Waals surface area (Å²) in [6.07, 6.45) is 0.291. The number of aryl methyl sites for hydroxylation is 2. The Bertz CT molecular complexity index is 690. The van der Waals surface area contributed by atoms with Gasteiger partial charge in [-0.05, 0) is 68.7 Å². The van der Waals surface area contributed by atoms with Gasteiger partial charge < -0.3 is 14.8 Å². The molecule has 0 aliphatic carbocycles. The lowest BCUT2D eigenvalue weighted by atomic mass is 10.1. The van der Waals surface area contributed by atoms with Crippen LogP contribution in [0.1, 0.15) is 30.5 Å². The van der Waals surface area contributed by atoms with Crippen LogP contribution in [0.4, 0.5) is 5.69 Å². The van der Waals surface area contributed by atoms with Crippen LogP contribution < -0.4 is 14.8 Å². The molecule has 0 aliphatic rings. The number of carbonyl (C=O) groups excluding carboxylic acids is 1. The van der Waals surface area contributed by atoms with Crippen LogP contribution >= 0.6 is 0 Å². The van der Waals surface area contributed by atoms with Crippen molar-refractivity contribution in [1.29, 1.82) is 0 Å². The Hall–Kier alpha value is -2.49. The van der Waals surface area contributed by atoms with Crippen LogP contribution in [0.5, 0.6) is 11.5 Å². The van der Waals surface area contributed by atoms with E-state index in [1.807, 2.05) is 58.0 Å². The van der Waals surface area contributed by atoms with Gasteiger partial charge in [0, 0.05) is 5.69 Å². The van der Waals surface area contributed by atoms with E-state index >= 15 is 0 Å². The highest BCUT2D eigenvalue weighted by atomic mass is 16.5. The quantitative estimate of drug-likeness (QED) is 0.825. The third-order valence-electron chi connectivity index (χ3n) is 3.48. The van der Waals surface area contributed by atoms with E-state index in [-0.39, 0.29) is 5.91 Å². The van der Waals surface area contributed by atoms with Crippen LogP contribution in [0.15, 0.2) is 36.4 Å². The van der Waals surface area contributed by atoms with Crippen molar-refractivity contribution in [3.63, 3.8) is 0 Å². The molecule has 2 aromatic carbocycles. The maximum atomic E-state index is 12.3. The summed E-state index contributed by atoms with van der Waals surface area (Å²) in [7, 11) is 0. The topological polar surface area (TPSA) is 47.6 Å². The summed E-state index contributed by atoms with van der Waals surface area (Å²) in [6, 6.07) is 11.6. The second-order valence-corrected chi connectivity index (χ2v) is 5.75. The van der Waals surface area contributed by atoms with Gasteiger partial charge in [0.15, 0.2) is 11.5 Å². The first-order chi connectivity index (χ1) is 11.5. The van der Waals surface area contributed by atoms with E-state index in [0.29, 0.717) is 31.1 Å². The molecule has 0 spiro atoms. The van der Waals surface area contributed by atoms with Gasteiger partial charge in [0.05, 0.1) is 19.6 Å². The summed E-state index contributed by atoms with van der Waals surface area (Å²) in [5, 5.41) is 2.95. The summed E-state index contributed by atoms with van der Waals surface area (Å²) >= 11 is 0. The molecule has 2 rings (SSSR count). The van der Waals surface area contributed by atoms with Crippen molar-refractivity contribution in [3.8, 4) is 11.5 Å². The van der Waals surface area contributed by atoms with Gasteiger partial charge in [-0.2, -0.15) is 0 Å². The van der Waals surface area contributed by atoms with E-state index in [9.17, 15) is 4.79 Å². The van der Waals surface area contributed by atoms with Gasteiger partial charge in [0.25, 0.3) is 0 Å². The number of hydrogen-bond donors (Lipinski definition) is 1. The van der Waals surface area contributed by atoms with Gasteiger partial charge in [-0.15, -0.1) is 0 Å². The minimum atomic E-state index is -0.0494. The van der Waals surface area contributed by atoms with E-state index in [2.05, 4.69) is 11.4 Å². The lowest BCUT2D eigenvalue weighted by molar-refractivity contribution is -0.115. The zero-order valence-corrected chi connectivity index (χ0v) is 14.8. The van der Waals surface area contributed by atoms with Crippen molar-refractivity contribution in [2.45, 2.75) is 34.1 Å². The van der Waals surface area contributed by atoms with Gasteiger partial charge in [0.2, 0.25) is 5.91 Å². The number of nitrogens with one attached hydrogen (secondary N) is 1. The minimum absolute atomic E-state index is 0.0494. The smallest absolute Gasteiger partial charge is 0.228 e. The number of hydrogen-bond acceptors (Lipinski definition) is 3. The minimum Gasteiger partial charge on any atom is -0.490 e. The van der Waals surface area contributed by atoms with Crippen LogP contribution in [0.3, 0.4) is 0 Å². The average molecular weight is 327 g/mol. The number of carbonyl (C=O) groups is 1. The molecule has 0 aromatic heterocycles. The van der Waals surface area contributed by atoms with Crippen LogP contribution in [-0.2, 0) is 11.2 Å². The Morgan fingerprint density at radius 1 is 0.917 bits per heavy atom. The molecule has 0 heterocycles. The molecule has 1 N–H and O–H groups in total. The molecule has 4 heteroatoms. The molecule has 4 nitrogen and oxygen atoms in total. The van der Waals surface area contributed by atoms with Crippen LogP contribution in [0, 0.1) is 13.8 Å². The summed E-state index contributed by atoms with van der Waals surface area (Å²) in [6.45, 7) is 9.02. The Labute approximate surface area is 143 Å². The number of ether oxygens (including phenoxy) is 2. The van der Waals surface area contributed by atoms with Crippen LogP contribution in [0.2, 0.25) is 0 Å². The van der Waals surface area contributed by atoms with E-state index in [0.717, 1.165) is 22.4 Å². The molecule has 128 valence electrons. The lowest BCUT2D eigenvalue weighted by Crippen LogP contribution is -2.14. The fourth-order valence-corrected chi connectivity index (χ4v) is 2.64. The fourth-order valence-electron chi connectivity index (χ4n) is 2.64. The molecule has 0 aliphatic heterocycles. The van der Waals surface area contributed by atoms with Gasteiger partial charge in [-0.25, -0.2) is 0 Å². The molecule has 1 amide bonds. The molecule has 24 heavy (non-hydrogen) atoms. The zero-order chi connectivity index (χ0) is 17.5. The molecular weight excluding hydrogens is 302 g/mol. The monoisotopic (exact) mass is 327 g/mol. The van der Waals surface area contributed by atoms with Crippen LogP contribution in [-0.4, -0.2) is 19.1 Å². The highest BCUT2D eigenvalue weighted by molar-refractivity contribution is 5.92. The first kappa shape index (κ1) is 17.9. The van der Waals surface area contributed by atoms with E-state index in [4.69, 9.17) is 9.47 Å². The molecule has 0 radical (unpaired) electrons. The van der Waals surface area contributed by atoms with E-state index < -0.39 is 0 Å². The predicted molar refractivity (Wildman–Crippen MR) is 97.0 cm³/mol. The molecule has 0 bridgehead atoms. The van der Waals surface area contributed by atoms with Gasteiger partial charge in [-0.1, -0.05) is 12.1 Å². The normalized spacial score (nSPS) is 10.3. The predicted octanol–water partition coefficient (Wildman–Crippen LogP) is 4.28. The number of rotatable bonds is 7. The molecular formula is C20H25NO3. The molecule has 0 atom stereocenters. The van der Waals surface area contributed by atoms with Crippen molar-refractivity contribution in [2.24, 2.45) is 0 Å². The molecule has 0 saturated carbocycles. The summed E-state index contributed by atoms with van der Waals surface area (Å²) in [5.74, 6) is 1.33. The standard InChI is InChI=1S/C20H25NO3/c1-5-23-18-8-7-16(12-19(18)24-6-2)13-20(22)21-17-10-14(3)9-15(4)11-17/h7-12H,5-6,13H2,1-4H3,(H,21,22). The first-order valence-electron chi connectivity index (χ1n) is 8.28. The van der Waals surface area contributed by atoms with E-state index in [1.54, 1.807) is 0 Å². The third-order valence-corrected chi connectivity index (χ3v) is 3.48. The second-order valence-electron chi connectivity index (χ2n) is 5.75. The maximum absolute atomic E-state index is 12.3. The molecule has 0 fully saturated rings. The summed E-state index contributed by atoms with van der Waals surface area (Å²) in [4.78, 5) is 12.3. The Balaban J connectivity index is 2.09. The summed E-state index contributed by atoms with van der Waals surface area (Å²) in [5.41, 5.74) is 3.98. The second kappa shape index (κ2) is 8.39. The first-order valence-corrected chi connectivity index (χ1v) is 8.28. The van der Waals surface area contributed by atoms with Crippen molar-refractivity contribution >= 4 is 11.6 Å². The highest BCUT2D eigenvalue weighted by Gasteiger charge is 2.10. The van der Waals surface area contributed by atoms with Crippen molar-refractivity contribution in [1.82, 2.24) is 0 Å². The SMILES string of the molecule is CCOc1ccc(CC(=O)Nc2cc(C)cc(C)c2)cc1OCC. The Morgan fingerprint density at radius 3 is 2.17 bits per heavy atom. The summed E-state index contributed by atoms with van der Waals surface area (Å²) < 4.78 is 11.2. The highest BCUT2D eigenvalue weighted by Crippen LogP contribution is 2.28. The number of amides is 1. The maximum Gasteiger partial charge on any atom is 0.228 e. The Kier molecular flexibility index (Phi) is 6.24. The zero-order valence-electron chi connectivity index (χ0n) is 14.8. The largest absolute Gasteiger partial charge is 0.490 e. The fraction of sp³-hybridized carbons (Fsp3) is 0.350. The van der Waals surface area contributed by atoms with Crippen molar-refractivity contribution in [2.75, 3.05) is 18.5 Å². The Morgan fingerprint density at radius 2 is 1.54 bits per heavy atom. The molecule has 0 saturated heterocycles. The van der Waals surface area contributed by atoms with Crippen molar-refractivity contribution < 1.29 is 14.3 Å². The van der Waals surface area contributed by atoms with Gasteiger partial charge in [0.1, 0.15) is 0 Å². The van der Waals surface area contributed by atoms with Crippen LogP contribution in [0.25, 0.3) is 0 Å². The van der Waals surface area contributed by atoms with Gasteiger partial charge >= 0.3 is 0 Å². The number of anilines is 1. The number of benzene rings is 2. The third kappa shape index (κ3) is 5.01. The average Bonchev–Trinajstić information content (AvgIpc) is 2.49. The lowest BCUT2D eigenvalue weighted by Gasteiger charge is -2.13.